The summed E-state index contributed by atoms with van der Waals surface area (Å²) >= 11 is 2.25. The SMILES string of the molecule is CC(C)COc1nc(Oc2ccc(I)cc2)ccc1N. The van der Waals surface area contributed by atoms with Crippen LogP contribution in [-0.4, -0.2) is 11.6 Å². The molecule has 0 unspecified atom stereocenters. The Labute approximate surface area is 132 Å². The lowest BCUT2D eigenvalue weighted by Crippen LogP contribution is -2.07. The van der Waals surface area contributed by atoms with Gasteiger partial charge in [0, 0.05) is 9.64 Å². The van der Waals surface area contributed by atoms with E-state index in [0.29, 0.717) is 30.0 Å². The van der Waals surface area contributed by atoms with E-state index in [2.05, 4.69) is 41.4 Å². The Morgan fingerprint density at radius 3 is 2.50 bits per heavy atom. The lowest BCUT2D eigenvalue weighted by Gasteiger charge is -2.11. The zero-order valence-corrected chi connectivity index (χ0v) is 13.6. The Morgan fingerprint density at radius 1 is 1.15 bits per heavy atom. The van der Waals surface area contributed by atoms with Gasteiger partial charge in [-0.1, -0.05) is 13.8 Å². The number of anilines is 1. The van der Waals surface area contributed by atoms with Crippen LogP contribution >= 0.6 is 22.6 Å². The van der Waals surface area contributed by atoms with Gasteiger partial charge in [-0.3, -0.25) is 0 Å². The summed E-state index contributed by atoms with van der Waals surface area (Å²) in [5.74, 6) is 2.04. The van der Waals surface area contributed by atoms with Gasteiger partial charge in [0.25, 0.3) is 0 Å². The van der Waals surface area contributed by atoms with Crippen LogP contribution in [0.1, 0.15) is 13.8 Å². The van der Waals surface area contributed by atoms with Crippen LogP contribution in [0, 0.1) is 9.49 Å². The van der Waals surface area contributed by atoms with Gasteiger partial charge in [0.1, 0.15) is 5.75 Å². The minimum absolute atomic E-state index is 0.414. The molecule has 0 spiro atoms. The number of nitrogens with zero attached hydrogens (tertiary/aromatic N) is 1. The van der Waals surface area contributed by atoms with Crippen LogP contribution in [0.3, 0.4) is 0 Å². The number of nitrogens with two attached hydrogens (primary N) is 1. The fourth-order valence-corrected chi connectivity index (χ4v) is 1.84. The molecule has 0 bridgehead atoms. The van der Waals surface area contributed by atoms with Gasteiger partial charge in [-0.05, 0) is 58.8 Å². The molecule has 20 heavy (non-hydrogen) atoms. The highest BCUT2D eigenvalue weighted by Gasteiger charge is 2.07. The lowest BCUT2D eigenvalue weighted by atomic mass is 10.2. The largest absolute Gasteiger partial charge is 0.476 e. The summed E-state index contributed by atoms with van der Waals surface area (Å²) in [6.45, 7) is 4.72. The summed E-state index contributed by atoms with van der Waals surface area (Å²) < 4.78 is 12.4. The second kappa shape index (κ2) is 6.78. The molecular formula is C15H17IN2O2. The normalized spacial score (nSPS) is 10.6. The van der Waals surface area contributed by atoms with Crippen molar-refractivity contribution < 1.29 is 9.47 Å². The Balaban J connectivity index is 2.12. The van der Waals surface area contributed by atoms with Crippen LogP contribution in [0.4, 0.5) is 5.69 Å². The van der Waals surface area contributed by atoms with Crippen molar-refractivity contribution in [2.75, 3.05) is 12.3 Å². The van der Waals surface area contributed by atoms with Crippen LogP contribution < -0.4 is 15.2 Å². The molecule has 5 heteroatoms. The van der Waals surface area contributed by atoms with Crippen molar-refractivity contribution in [2.45, 2.75) is 13.8 Å². The van der Waals surface area contributed by atoms with E-state index in [9.17, 15) is 0 Å². The first-order chi connectivity index (χ1) is 9.54. The summed E-state index contributed by atoms with van der Waals surface area (Å²) in [6, 6.07) is 11.2. The van der Waals surface area contributed by atoms with Crippen molar-refractivity contribution in [2.24, 2.45) is 5.92 Å². The van der Waals surface area contributed by atoms with Crippen molar-refractivity contribution >= 4 is 28.3 Å². The van der Waals surface area contributed by atoms with Gasteiger partial charge in [-0.15, -0.1) is 0 Å². The third-order valence-corrected chi connectivity index (χ3v) is 3.17. The van der Waals surface area contributed by atoms with Crippen LogP contribution in [0.5, 0.6) is 17.5 Å². The van der Waals surface area contributed by atoms with Gasteiger partial charge in [0.2, 0.25) is 11.8 Å². The van der Waals surface area contributed by atoms with E-state index < -0.39 is 0 Å². The number of halogens is 1. The summed E-state index contributed by atoms with van der Waals surface area (Å²) in [5.41, 5.74) is 6.36. The van der Waals surface area contributed by atoms with Crippen LogP contribution in [0.2, 0.25) is 0 Å². The average Bonchev–Trinajstić information content (AvgIpc) is 2.42. The molecule has 0 aliphatic rings. The fourth-order valence-electron chi connectivity index (χ4n) is 1.48. The molecule has 0 amide bonds. The predicted molar refractivity (Wildman–Crippen MR) is 88.2 cm³/mol. The topological polar surface area (TPSA) is 57.4 Å². The third kappa shape index (κ3) is 4.26. The maximum atomic E-state index is 5.84. The van der Waals surface area contributed by atoms with Gasteiger partial charge in [0.05, 0.1) is 12.3 Å². The number of hydrogen-bond acceptors (Lipinski definition) is 4. The number of ether oxygens (including phenoxy) is 2. The van der Waals surface area contributed by atoms with E-state index in [1.54, 1.807) is 12.1 Å². The third-order valence-electron chi connectivity index (χ3n) is 2.45. The maximum absolute atomic E-state index is 5.84. The Kier molecular flexibility index (Phi) is 5.05. The van der Waals surface area contributed by atoms with Crippen LogP contribution in [0.15, 0.2) is 36.4 Å². The van der Waals surface area contributed by atoms with Crippen molar-refractivity contribution in [3.8, 4) is 17.5 Å². The molecule has 2 N–H and O–H groups in total. The van der Waals surface area contributed by atoms with Gasteiger partial charge in [-0.2, -0.15) is 4.98 Å². The Morgan fingerprint density at radius 2 is 1.85 bits per heavy atom. The number of benzene rings is 1. The zero-order valence-electron chi connectivity index (χ0n) is 11.5. The van der Waals surface area contributed by atoms with Gasteiger partial charge in [0.15, 0.2) is 0 Å². The second-order valence-electron chi connectivity index (χ2n) is 4.80. The van der Waals surface area contributed by atoms with E-state index in [-0.39, 0.29) is 0 Å². The molecule has 1 heterocycles. The molecule has 4 nitrogen and oxygen atoms in total. The van der Waals surface area contributed by atoms with Gasteiger partial charge in [-0.25, -0.2) is 0 Å². The van der Waals surface area contributed by atoms with Crippen molar-refractivity contribution in [1.29, 1.82) is 0 Å². The quantitative estimate of drug-likeness (QED) is 0.789. The van der Waals surface area contributed by atoms with Crippen molar-refractivity contribution in [3.05, 3.63) is 40.0 Å². The van der Waals surface area contributed by atoms with Gasteiger partial charge < -0.3 is 15.2 Å². The smallest absolute Gasteiger partial charge is 0.240 e. The molecule has 0 aliphatic heterocycles. The number of aromatic nitrogens is 1. The number of rotatable bonds is 5. The Bertz CT molecular complexity index is 571. The lowest BCUT2D eigenvalue weighted by molar-refractivity contribution is 0.260. The van der Waals surface area contributed by atoms with Crippen molar-refractivity contribution in [3.63, 3.8) is 0 Å². The molecule has 1 aromatic carbocycles. The number of hydrogen-bond donors (Lipinski definition) is 1. The molecule has 0 saturated heterocycles. The minimum Gasteiger partial charge on any atom is -0.476 e. The number of nitrogen functional groups attached to an aromatic ring is 1. The minimum atomic E-state index is 0.414. The molecule has 2 aromatic rings. The Hall–Kier alpha value is -1.50. The van der Waals surface area contributed by atoms with E-state index in [1.807, 2.05) is 24.3 Å². The maximum Gasteiger partial charge on any atom is 0.240 e. The molecule has 106 valence electrons. The van der Waals surface area contributed by atoms with E-state index >= 15 is 0 Å². The molecule has 1 aromatic heterocycles. The first-order valence-corrected chi connectivity index (χ1v) is 7.45. The monoisotopic (exact) mass is 384 g/mol. The average molecular weight is 384 g/mol. The molecule has 0 fully saturated rings. The molecule has 2 rings (SSSR count). The molecule has 0 atom stereocenters. The highest BCUT2D eigenvalue weighted by atomic mass is 127. The summed E-state index contributed by atoms with van der Waals surface area (Å²) in [5, 5.41) is 0. The highest BCUT2D eigenvalue weighted by Crippen LogP contribution is 2.26. The van der Waals surface area contributed by atoms with Crippen LogP contribution in [-0.2, 0) is 0 Å². The van der Waals surface area contributed by atoms with E-state index in [1.165, 1.54) is 0 Å². The van der Waals surface area contributed by atoms with Crippen LogP contribution in [0.25, 0.3) is 0 Å². The van der Waals surface area contributed by atoms with Gasteiger partial charge >= 0.3 is 0 Å². The molecular weight excluding hydrogens is 367 g/mol. The fraction of sp³-hybridized carbons (Fsp3) is 0.267. The summed E-state index contributed by atoms with van der Waals surface area (Å²) in [7, 11) is 0. The standard InChI is InChI=1S/C15H17IN2O2/c1-10(2)9-19-15-13(17)7-8-14(18-15)20-12-5-3-11(16)4-6-12/h3-8,10H,9,17H2,1-2H3. The highest BCUT2D eigenvalue weighted by molar-refractivity contribution is 14.1. The first-order valence-electron chi connectivity index (χ1n) is 6.37. The predicted octanol–water partition coefficient (Wildman–Crippen LogP) is 4.10. The second-order valence-corrected chi connectivity index (χ2v) is 6.05. The van der Waals surface area contributed by atoms with E-state index in [0.717, 1.165) is 9.32 Å². The van der Waals surface area contributed by atoms with E-state index in [4.69, 9.17) is 15.2 Å². The molecule has 0 aliphatic carbocycles. The summed E-state index contributed by atoms with van der Waals surface area (Å²) in [4.78, 5) is 4.29. The first kappa shape index (κ1) is 14.9. The molecule has 0 saturated carbocycles. The molecule has 0 radical (unpaired) electrons. The number of pyridine rings is 1. The zero-order chi connectivity index (χ0) is 14.5. The van der Waals surface area contributed by atoms with Crippen molar-refractivity contribution in [1.82, 2.24) is 4.98 Å². The summed E-state index contributed by atoms with van der Waals surface area (Å²) in [6.07, 6.45) is 0.